The van der Waals surface area contributed by atoms with Gasteiger partial charge in [-0.05, 0) is 72.2 Å². The third kappa shape index (κ3) is 4.65. The third-order valence-electron chi connectivity index (χ3n) is 7.39. The SMILES string of the molecule is CCS(=O)(=O)N(C)Cc1ccc(-c2cc(CC(=O)C3(c4ccc5c(c4)OCO5)CC3)ccc2C)cc1. The summed E-state index contributed by atoms with van der Waals surface area (Å²) < 4.78 is 36.5. The number of hydrogen-bond donors (Lipinski definition) is 0. The summed E-state index contributed by atoms with van der Waals surface area (Å²) >= 11 is 0. The quantitative estimate of drug-likeness (QED) is 0.409. The first-order chi connectivity index (χ1) is 17.2. The average molecular weight is 506 g/mol. The minimum Gasteiger partial charge on any atom is -0.454 e. The fourth-order valence-corrected chi connectivity index (χ4v) is 5.64. The van der Waals surface area contributed by atoms with Crippen LogP contribution in [0.5, 0.6) is 11.5 Å². The Labute approximate surface area is 212 Å². The van der Waals surface area contributed by atoms with E-state index < -0.39 is 15.4 Å². The van der Waals surface area contributed by atoms with Gasteiger partial charge in [-0.1, -0.05) is 48.5 Å². The van der Waals surface area contributed by atoms with Crippen molar-refractivity contribution in [3.8, 4) is 22.6 Å². The molecule has 0 unspecified atom stereocenters. The number of ketones is 1. The second-order valence-corrected chi connectivity index (χ2v) is 12.1. The zero-order valence-electron chi connectivity index (χ0n) is 20.9. The van der Waals surface area contributed by atoms with Crippen molar-refractivity contribution < 1.29 is 22.7 Å². The molecule has 0 aromatic heterocycles. The first kappa shape index (κ1) is 24.5. The van der Waals surface area contributed by atoms with E-state index in [2.05, 4.69) is 19.1 Å². The number of carbonyl (C=O) groups is 1. The lowest BCUT2D eigenvalue weighted by Crippen LogP contribution is -2.27. The van der Waals surface area contributed by atoms with Crippen LogP contribution in [0.1, 0.15) is 42.0 Å². The molecule has 1 aliphatic heterocycles. The van der Waals surface area contributed by atoms with Crippen LogP contribution in [0.3, 0.4) is 0 Å². The van der Waals surface area contributed by atoms with Gasteiger partial charge in [-0.25, -0.2) is 12.7 Å². The third-order valence-corrected chi connectivity index (χ3v) is 9.19. The van der Waals surface area contributed by atoms with E-state index in [-0.39, 0.29) is 18.3 Å². The summed E-state index contributed by atoms with van der Waals surface area (Å²) in [6.07, 6.45) is 2.08. The summed E-state index contributed by atoms with van der Waals surface area (Å²) in [6.45, 7) is 4.27. The molecule has 1 aliphatic carbocycles. The number of ether oxygens (including phenoxy) is 2. The molecule has 1 heterocycles. The highest BCUT2D eigenvalue weighted by Crippen LogP contribution is 2.51. The lowest BCUT2D eigenvalue weighted by molar-refractivity contribution is -0.120. The molecule has 0 N–H and O–H groups in total. The molecule has 5 rings (SSSR count). The van der Waals surface area contributed by atoms with E-state index in [9.17, 15) is 13.2 Å². The number of fused-ring (bicyclic) bond motifs is 1. The molecule has 188 valence electrons. The Hall–Kier alpha value is -3.16. The molecule has 2 aliphatic rings. The number of hydrogen-bond acceptors (Lipinski definition) is 5. The van der Waals surface area contributed by atoms with Crippen molar-refractivity contribution in [2.75, 3.05) is 19.6 Å². The molecular formula is C29H31NO5S. The fraction of sp³-hybridized carbons (Fsp3) is 0.345. The Bertz CT molecular complexity index is 1410. The Morgan fingerprint density at radius 3 is 2.33 bits per heavy atom. The van der Waals surface area contributed by atoms with Crippen LogP contribution in [-0.4, -0.2) is 38.1 Å². The lowest BCUT2D eigenvalue weighted by atomic mass is 9.87. The second-order valence-electron chi connectivity index (χ2n) is 9.75. The summed E-state index contributed by atoms with van der Waals surface area (Å²) in [4.78, 5) is 13.5. The van der Waals surface area contributed by atoms with E-state index in [1.165, 1.54) is 4.31 Å². The van der Waals surface area contributed by atoms with E-state index in [1.807, 2.05) is 48.5 Å². The molecule has 0 saturated heterocycles. The van der Waals surface area contributed by atoms with Crippen LogP contribution in [0, 0.1) is 6.92 Å². The molecule has 3 aromatic rings. The Kier molecular flexibility index (Phi) is 6.39. The molecule has 6 nitrogen and oxygen atoms in total. The van der Waals surface area contributed by atoms with Crippen molar-refractivity contribution in [1.29, 1.82) is 0 Å². The first-order valence-corrected chi connectivity index (χ1v) is 13.9. The van der Waals surface area contributed by atoms with Crippen LogP contribution in [0.4, 0.5) is 0 Å². The minimum atomic E-state index is -3.22. The largest absolute Gasteiger partial charge is 0.454 e. The van der Waals surface area contributed by atoms with Gasteiger partial charge in [0, 0.05) is 20.0 Å². The van der Waals surface area contributed by atoms with Gasteiger partial charge in [0.2, 0.25) is 16.8 Å². The highest BCUT2D eigenvalue weighted by atomic mass is 32.2. The zero-order chi connectivity index (χ0) is 25.5. The maximum absolute atomic E-state index is 13.5. The van der Waals surface area contributed by atoms with Gasteiger partial charge < -0.3 is 9.47 Å². The van der Waals surface area contributed by atoms with Crippen molar-refractivity contribution in [2.45, 2.75) is 45.1 Å². The molecule has 0 amide bonds. The number of Topliss-reactive ketones (excluding diaryl/α,β-unsaturated/α-hetero) is 1. The molecule has 3 aromatic carbocycles. The maximum atomic E-state index is 13.5. The number of rotatable bonds is 9. The van der Waals surface area contributed by atoms with Gasteiger partial charge in [0.1, 0.15) is 5.78 Å². The lowest BCUT2D eigenvalue weighted by Gasteiger charge is -2.17. The fourth-order valence-electron chi connectivity index (χ4n) is 4.86. The summed E-state index contributed by atoms with van der Waals surface area (Å²) in [5, 5.41) is 0. The van der Waals surface area contributed by atoms with Gasteiger partial charge in [-0.15, -0.1) is 0 Å². The topological polar surface area (TPSA) is 72.9 Å². The average Bonchev–Trinajstić information content (AvgIpc) is 3.56. The van der Waals surface area contributed by atoms with Crippen LogP contribution < -0.4 is 9.47 Å². The van der Waals surface area contributed by atoms with E-state index >= 15 is 0 Å². The van der Waals surface area contributed by atoms with E-state index in [1.54, 1.807) is 14.0 Å². The second kappa shape index (κ2) is 9.37. The molecular weight excluding hydrogens is 474 g/mol. The Morgan fingerprint density at radius 2 is 1.64 bits per heavy atom. The van der Waals surface area contributed by atoms with Gasteiger partial charge in [-0.3, -0.25) is 4.79 Å². The maximum Gasteiger partial charge on any atom is 0.231 e. The Morgan fingerprint density at radius 1 is 0.944 bits per heavy atom. The highest BCUT2D eigenvalue weighted by Gasteiger charge is 2.50. The normalized spacial score (nSPS) is 15.8. The molecule has 0 radical (unpaired) electrons. The molecule has 0 bridgehead atoms. The van der Waals surface area contributed by atoms with Crippen LogP contribution in [0.15, 0.2) is 60.7 Å². The van der Waals surface area contributed by atoms with Gasteiger partial charge in [0.15, 0.2) is 11.5 Å². The smallest absolute Gasteiger partial charge is 0.231 e. The molecule has 36 heavy (non-hydrogen) atoms. The van der Waals surface area contributed by atoms with Crippen molar-refractivity contribution in [1.82, 2.24) is 4.31 Å². The van der Waals surface area contributed by atoms with Gasteiger partial charge >= 0.3 is 0 Å². The predicted octanol–water partition coefficient (Wildman–Crippen LogP) is 5.02. The predicted molar refractivity (Wildman–Crippen MR) is 140 cm³/mol. The number of carbonyl (C=O) groups excluding carboxylic acids is 1. The summed E-state index contributed by atoms with van der Waals surface area (Å²) in [5.74, 6) is 1.76. The van der Waals surface area contributed by atoms with Crippen molar-refractivity contribution in [3.63, 3.8) is 0 Å². The van der Waals surface area contributed by atoms with E-state index in [4.69, 9.17) is 9.47 Å². The number of sulfonamides is 1. The van der Waals surface area contributed by atoms with Crippen molar-refractivity contribution >= 4 is 15.8 Å². The standard InChI is InChI=1S/C29H31NO5S/c1-4-36(32,33)30(3)18-21-7-9-23(10-8-21)25-15-22(6-5-20(25)2)16-28(31)29(13-14-29)24-11-12-26-27(17-24)35-19-34-26/h5-12,15,17H,4,13-14,16,18-19H2,1-3H3. The van der Waals surface area contributed by atoms with Crippen LogP contribution >= 0.6 is 0 Å². The zero-order valence-corrected chi connectivity index (χ0v) is 21.7. The molecule has 0 spiro atoms. The molecule has 7 heteroatoms. The molecule has 1 fully saturated rings. The van der Waals surface area contributed by atoms with E-state index in [0.717, 1.165) is 52.0 Å². The van der Waals surface area contributed by atoms with Crippen molar-refractivity contribution in [3.05, 3.63) is 82.9 Å². The van der Waals surface area contributed by atoms with Gasteiger partial charge in [0.05, 0.1) is 11.2 Å². The van der Waals surface area contributed by atoms with Crippen molar-refractivity contribution in [2.24, 2.45) is 0 Å². The Balaban J connectivity index is 1.33. The minimum absolute atomic E-state index is 0.0856. The number of benzene rings is 3. The highest BCUT2D eigenvalue weighted by molar-refractivity contribution is 7.89. The molecule has 0 atom stereocenters. The van der Waals surface area contributed by atoms with Gasteiger partial charge in [0.25, 0.3) is 0 Å². The van der Waals surface area contributed by atoms with Crippen LogP contribution in [0.2, 0.25) is 0 Å². The van der Waals surface area contributed by atoms with E-state index in [0.29, 0.717) is 18.7 Å². The first-order valence-electron chi connectivity index (χ1n) is 12.3. The number of nitrogens with zero attached hydrogens (tertiary/aromatic N) is 1. The monoisotopic (exact) mass is 505 g/mol. The number of aryl methyl sites for hydroxylation is 1. The van der Waals surface area contributed by atoms with Crippen LogP contribution in [0.25, 0.3) is 11.1 Å². The summed E-state index contributed by atoms with van der Waals surface area (Å²) in [7, 11) is -1.62. The summed E-state index contributed by atoms with van der Waals surface area (Å²) in [6, 6.07) is 20.0. The van der Waals surface area contributed by atoms with Crippen LogP contribution in [-0.2, 0) is 33.2 Å². The summed E-state index contributed by atoms with van der Waals surface area (Å²) in [5.41, 5.74) is 5.75. The van der Waals surface area contributed by atoms with Gasteiger partial charge in [-0.2, -0.15) is 0 Å². The molecule has 1 saturated carbocycles.